The number of ketones is 1. The van der Waals surface area contributed by atoms with Crippen LogP contribution in [0.3, 0.4) is 0 Å². The SMILES string of the molecule is COc1cc(OC)c(C(=O)[PH](=O)CCC(=O)c2c(C)cccc2C)c(OC)c1. The Labute approximate surface area is 165 Å². The molecule has 2 aromatic rings. The average Bonchev–Trinajstić information content (AvgIpc) is 2.70. The Kier molecular flexibility index (Phi) is 7.41. The zero-order valence-electron chi connectivity index (χ0n) is 16.8. The van der Waals surface area contributed by atoms with Gasteiger partial charge in [-0.1, -0.05) is 18.2 Å². The fourth-order valence-electron chi connectivity index (χ4n) is 3.09. The number of methoxy groups -OCH3 is 3. The molecule has 0 aromatic heterocycles. The lowest BCUT2D eigenvalue weighted by molar-refractivity contribution is 0.0988. The zero-order chi connectivity index (χ0) is 20.8. The second-order valence-electron chi connectivity index (χ2n) is 6.35. The van der Waals surface area contributed by atoms with E-state index in [4.69, 9.17) is 14.2 Å². The average molecular weight is 404 g/mol. The summed E-state index contributed by atoms with van der Waals surface area (Å²) in [6.45, 7) is 3.73. The summed E-state index contributed by atoms with van der Waals surface area (Å²) in [5.41, 5.74) is 1.90. The highest BCUT2D eigenvalue weighted by molar-refractivity contribution is 7.64. The molecule has 0 bridgehead atoms. The first-order valence-corrected chi connectivity index (χ1v) is 10.4. The van der Waals surface area contributed by atoms with Crippen LogP contribution in [0.4, 0.5) is 0 Å². The van der Waals surface area contributed by atoms with Crippen molar-refractivity contribution in [2.45, 2.75) is 20.3 Å². The third-order valence-electron chi connectivity index (χ3n) is 4.53. The molecule has 6 nitrogen and oxygen atoms in total. The highest BCUT2D eigenvalue weighted by Crippen LogP contribution is 2.40. The van der Waals surface area contributed by atoms with E-state index in [1.165, 1.54) is 33.5 Å². The quantitative estimate of drug-likeness (QED) is 0.458. The van der Waals surface area contributed by atoms with E-state index in [0.29, 0.717) is 11.3 Å². The molecule has 1 atom stereocenters. The summed E-state index contributed by atoms with van der Waals surface area (Å²) in [4.78, 5) is 25.4. The molecule has 7 heteroatoms. The maximum Gasteiger partial charge on any atom is 0.225 e. The number of carbonyl (C=O) groups is 2. The molecule has 0 spiro atoms. The van der Waals surface area contributed by atoms with Gasteiger partial charge in [0.2, 0.25) is 5.52 Å². The van der Waals surface area contributed by atoms with Gasteiger partial charge in [-0.3, -0.25) is 9.59 Å². The molecule has 1 unspecified atom stereocenters. The van der Waals surface area contributed by atoms with Crippen molar-refractivity contribution >= 4 is 19.1 Å². The molecule has 0 aliphatic rings. The van der Waals surface area contributed by atoms with E-state index < -0.39 is 13.3 Å². The predicted molar refractivity (Wildman–Crippen MR) is 109 cm³/mol. The highest BCUT2D eigenvalue weighted by atomic mass is 31.1. The first-order chi connectivity index (χ1) is 13.3. The van der Waals surface area contributed by atoms with Crippen molar-refractivity contribution in [3.63, 3.8) is 0 Å². The summed E-state index contributed by atoms with van der Waals surface area (Å²) in [5.74, 6) is 0.784. The summed E-state index contributed by atoms with van der Waals surface area (Å²) in [5, 5.41) is 0. The van der Waals surface area contributed by atoms with Gasteiger partial charge in [0.05, 0.1) is 21.3 Å². The molecule has 0 fully saturated rings. The van der Waals surface area contributed by atoms with Gasteiger partial charge < -0.3 is 18.8 Å². The van der Waals surface area contributed by atoms with Crippen LogP contribution in [0.15, 0.2) is 30.3 Å². The van der Waals surface area contributed by atoms with Gasteiger partial charge in [-0.2, -0.15) is 0 Å². The summed E-state index contributed by atoms with van der Waals surface area (Å²) in [6, 6.07) is 8.68. The van der Waals surface area contributed by atoms with Crippen molar-refractivity contribution in [3.8, 4) is 17.2 Å². The van der Waals surface area contributed by atoms with Gasteiger partial charge in [0.25, 0.3) is 0 Å². The Morgan fingerprint density at radius 2 is 1.43 bits per heavy atom. The molecule has 0 radical (unpaired) electrons. The molecule has 2 aromatic carbocycles. The Morgan fingerprint density at radius 3 is 1.89 bits per heavy atom. The molecule has 28 heavy (non-hydrogen) atoms. The van der Waals surface area contributed by atoms with E-state index >= 15 is 0 Å². The monoisotopic (exact) mass is 404 g/mol. The number of benzene rings is 2. The van der Waals surface area contributed by atoms with E-state index in [9.17, 15) is 14.2 Å². The predicted octanol–water partition coefficient (Wildman–Crippen LogP) is 4.30. The second-order valence-corrected chi connectivity index (χ2v) is 8.15. The van der Waals surface area contributed by atoms with Gasteiger partial charge in [-0.05, 0) is 25.0 Å². The van der Waals surface area contributed by atoms with Crippen molar-refractivity contribution < 1.29 is 28.4 Å². The number of carbonyl (C=O) groups excluding carboxylic acids is 2. The van der Waals surface area contributed by atoms with E-state index in [2.05, 4.69) is 0 Å². The van der Waals surface area contributed by atoms with Gasteiger partial charge in [0.1, 0.15) is 30.6 Å². The Bertz CT molecular complexity index is 874. The van der Waals surface area contributed by atoms with Crippen molar-refractivity contribution in [2.24, 2.45) is 0 Å². The topological polar surface area (TPSA) is 78.9 Å². The minimum atomic E-state index is -2.74. The van der Waals surface area contributed by atoms with Crippen molar-refractivity contribution in [2.75, 3.05) is 27.5 Å². The lowest BCUT2D eigenvalue weighted by atomic mass is 9.98. The van der Waals surface area contributed by atoms with E-state index in [1.54, 1.807) is 0 Å². The van der Waals surface area contributed by atoms with Gasteiger partial charge in [-0.25, -0.2) is 0 Å². The summed E-state index contributed by atoms with van der Waals surface area (Å²) >= 11 is 0. The molecule has 0 aliphatic heterocycles. The van der Waals surface area contributed by atoms with Crippen LogP contribution in [0.5, 0.6) is 17.2 Å². The molecule has 0 saturated heterocycles. The lowest BCUT2D eigenvalue weighted by Gasteiger charge is -2.14. The van der Waals surface area contributed by atoms with E-state index in [-0.39, 0.29) is 35.4 Å². The fraction of sp³-hybridized carbons (Fsp3) is 0.333. The van der Waals surface area contributed by atoms with Crippen LogP contribution in [0.2, 0.25) is 0 Å². The molecule has 2 rings (SSSR count). The molecule has 0 aliphatic carbocycles. The van der Waals surface area contributed by atoms with Crippen molar-refractivity contribution in [3.05, 3.63) is 52.6 Å². The number of ether oxygens (including phenoxy) is 3. The van der Waals surface area contributed by atoms with Crippen LogP contribution in [0.25, 0.3) is 0 Å². The van der Waals surface area contributed by atoms with E-state index in [1.807, 2.05) is 32.0 Å². The molecule has 150 valence electrons. The van der Waals surface area contributed by atoms with Crippen LogP contribution >= 0.6 is 7.80 Å². The number of aryl methyl sites for hydroxylation is 2. The van der Waals surface area contributed by atoms with Crippen LogP contribution in [-0.4, -0.2) is 38.8 Å². The third kappa shape index (κ3) is 4.63. The summed E-state index contributed by atoms with van der Waals surface area (Å²) in [7, 11) is 1.56. The van der Waals surface area contributed by atoms with Gasteiger partial charge in [0.15, 0.2) is 5.78 Å². The first-order valence-electron chi connectivity index (χ1n) is 8.81. The Hall–Kier alpha value is -2.59. The maximum atomic E-state index is 12.8. The number of Topliss-reactive ketones (excluding diaryl/α,β-unsaturated/α-hetero) is 1. The largest absolute Gasteiger partial charge is 0.496 e. The van der Waals surface area contributed by atoms with E-state index in [0.717, 1.165) is 11.1 Å². The summed E-state index contributed by atoms with van der Waals surface area (Å²) in [6.07, 6.45) is 0.0322. The van der Waals surface area contributed by atoms with Crippen LogP contribution < -0.4 is 14.2 Å². The minimum absolute atomic E-state index is 0.00551. The van der Waals surface area contributed by atoms with Crippen LogP contribution in [-0.2, 0) is 4.57 Å². The molecule has 0 N–H and O–H groups in total. The fourth-order valence-corrected chi connectivity index (χ4v) is 4.30. The number of hydrogen-bond acceptors (Lipinski definition) is 6. The normalized spacial score (nSPS) is 11.6. The van der Waals surface area contributed by atoms with Crippen molar-refractivity contribution in [1.29, 1.82) is 0 Å². The Balaban J connectivity index is 2.22. The first kappa shape index (κ1) is 21.7. The smallest absolute Gasteiger partial charge is 0.225 e. The molecule has 0 heterocycles. The highest BCUT2D eigenvalue weighted by Gasteiger charge is 2.25. The summed E-state index contributed by atoms with van der Waals surface area (Å²) < 4.78 is 28.4. The zero-order valence-corrected chi connectivity index (χ0v) is 17.8. The molecule has 0 amide bonds. The van der Waals surface area contributed by atoms with Crippen LogP contribution in [0.1, 0.15) is 38.3 Å². The molecular weight excluding hydrogens is 379 g/mol. The Morgan fingerprint density at radius 1 is 0.893 bits per heavy atom. The van der Waals surface area contributed by atoms with Crippen molar-refractivity contribution in [1.82, 2.24) is 0 Å². The molecular formula is C21H25O6P. The maximum absolute atomic E-state index is 12.8. The van der Waals surface area contributed by atoms with Gasteiger partial charge >= 0.3 is 0 Å². The molecule has 0 saturated carbocycles. The second kappa shape index (κ2) is 9.56. The number of rotatable bonds is 9. The third-order valence-corrected chi connectivity index (χ3v) is 6.00. The minimum Gasteiger partial charge on any atom is -0.496 e. The lowest BCUT2D eigenvalue weighted by Crippen LogP contribution is -2.08. The standard InChI is InChI=1S/C21H25O6P/c1-13-7-6-8-14(2)19(13)16(22)9-10-28(24)21(23)20-17(26-4)11-15(25-3)12-18(20)27-5/h6-8,11-12,28H,9-10H2,1-5H3. The van der Waals surface area contributed by atoms with Gasteiger partial charge in [-0.15, -0.1) is 0 Å². The number of hydrogen-bond donors (Lipinski definition) is 0. The van der Waals surface area contributed by atoms with Gasteiger partial charge in [0, 0.05) is 30.3 Å². The van der Waals surface area contributed by atoms with Crippen LogP contribution in [0, 0.1) is 13.8 Å².